The Morgan fingerprint density at radius 3 is 2.27 bits per heavy atom. The Morgan fingerprint density at radius 2 is 1.58 bits per heavy atom. The molecule has 0 saturated carbocycles. The lowest BCUT2D eigenvalue weighted by molar-refractivity contribution is 0.0976. The molecule has 9 heteroatoms. The molecule has 3 rings (SSSR count). The van der Waals surface area contributed by atoms with E-state index in [4.69, 9.17) is 21.7 Å². The highest BCUT2D eigenvalue weighted by atomic mass is 32.1. The first kappa shape index (κ1) is 23.8. The maximum atomic E-state index is 13.0. The molecule has 0 atom stereocenters. The predicted octanol–water partition coefficient (Wildman–Crippen LogP) is 4.23. The molecule has 0 aliphatic rings. The Kier molecular flexibility index (Phi) is 8.45. The summed E-state index contributed by atoms with van der Waals surface area (Å²) in [7, 11) is 1.59. The highest BCUT2D eigenvalue weighted by Crippen LogP contribution is 2.15. The zero-order valence-electron chi connectivity index (χ0n) is 17.8. The Hall–Kier alpha value is -3.82. The minimum atomic E-state index is -0.388. The van der Waals surface area contributed by atoms with E-state index in [1.807, 2.05) is 0 Å². The molecule has 0 aromatic heterocycles. The second kappa shape index (κ2) is 11.7. The zero-order valence-corrected chi connectivity index (χ0v) is 18.6. The van der Waals surface area contributed by atoms with Crippen LogP contribution in [0.15, 0.2) is 72.8 Å². The van der Waals surface area contributed by atoms with Gasteiger partial charge < -0.3 is 20.1 Å². The molecule has 0 bridgehead atoms. The number of rotatable bonds is 8. The fourth-order valence-electron chi connectivity index (χ4n) is 2.76. The molecule has 3 aromatic rings. The van der Waals surface area contributed by atoms with Gasteiger partial charge in [-0.2, -0.15) is 0 Å². The van der Waals surface area contributed by atoms with Gasteiger partial charge in [0, 0.05) is 29.6 Å². The molecule has 7 nitrogen and oxygen atoms in total. The molecule has 170 valence electrons. The van der Waals surface area contributed by atoms with E-state index < -0.39 is 0 Å². The van der Waals surface area contributed by atoms with Gasteiger partial charge in [-0.1, -0.05) is 6.07 Å². The normalized spacial score (nSPS) is 10.2. The summed E-state index contributed by atoms with van der Waals surface area (Å²) in [6.07, 6.45) is 0. The van der Waals surface area contributed by atoms with Crippen molar-refractivity contribution in [2.24, 2.45) is 0 Å². The average molecular weight is 468 g/mol. The number of amides is 2. The van der Waals surface area contributed by atoms with Gasteiger partial charge in [-0.25, -0.2) is 4.39 Å². The summed E-state index contributed by atoms with van der Waals surface area (Å²) < 4.78 is 23.4. The number of ether oxygens (including phenoxy) is 2. The molecule has 0 heterocycles. The quantitative estimate of drug-likeness (QED) is 0.339. The Morgan fingerprint density at radius 1 is 0.848 bits per heavy atom. The average Bonchev–Trinajstić information content (AvgIpc) is 2.81. The lowest BCUT2D eigenvalue weighted by Gasteiger charge is -2.11. The van der Waals surface area contributed by atoms with Gasteiger partial charge in [0.1, 0.15) is 18.2 Å². The van der Waals surface area contributed by atoms with E-state index in [9.17, 15) is 14.0 Å². The van der Waals surface area contributed by atoms with Crippen molar-refractivity contribution in [3.8, 4) is 5.75 Å². The van der Waals surface area contributed by atoms with Crippen LogP contribution in [0.5, 0.6) is 5.75 Å². The molecule has 33 heavy (non-hydrogen) atoms. The number of benzene rings is 3. The lowest BCUT2D eigenvalue weighted by Crippen LogP contribution is -2.34. The van der Waals surface area contributed by atoms with Crippen LogP contribution in [0.2, 0.25) is 0 Å². The highest BCUT2D eigenvalue weighted by molar-refractivity contribution is 7.80. The summed E-state index contributed by atoms with van der Waals surface area (Å²) in [6.45, 7) is 0.883. The predicted molar refractivity (Wildman–Crippen MR) is 128 cm³/mol. The Bertz CT molecular complexity index is 1120. The summed E-state index contributed by atoms with van der Waals surface area (Å²) in [5, 5.41) is 8.25. The van der Waals surface area contributed by atoms with Crippen molar-refractivity contribution in [2.75, 3.05) is 31.0 Å². The van der Waals surface area contributed by atoms with Gasteiger partial charge in [0.25, 0.3) is 11.8 Å². The first-order valence-electron chi connectivity index (χ1n) is 9.96. The summed E-state index contributed by atoms with van der Waals surface area (Å²) in [5.41, 5.74) is 1.76. The van der Waals surface area contributed by atoms with Gasteiger partial charge in [0.2, 0.25) is 0 Å². The van der Waals surface area contributed by atoms with Crippen LogP contribution in [0.1, 0.15) is 20.7 Å². The molecular formula is C24H22FN3O4S. The standard InChI is InChI=1S/C24H22FN3O4S/c1-31-13-14-32-21-11-5-16(6-12-21)22(29)28-24(33)27-20-4-2-3-17(15-20)23(30)26-19-9-7-18(25)8-10-19/h2-12,15H,13-14H2,1H3,(H,26,30)(H2,27,28,29,33). The van der Waals surface area contributed by atoms with Gasteiger partial charge >= 0.3 is 0 Å². The molecule has 3 aromatic carbocycles. The van der Waals surface area contributed by atoms with Crippen LogP contribution >= 0.6 is 12.2 Å². The highest BCUT2D eigenvalue weighted by Gasteiger charge is 2.11. The second-order valence-electron chi connectivity index (χ2n) is 6.82. The van der Waals surface area contributed by atoms with Crippen LogP contribution in [-0.4, -0.2) is 37.3 Å². The van der Waals surface area contributed by atoms with Crippen molar-refractivity contribution < 1.29 is 23.5 Å². The van der Waals surface area contributed by atoms with E-state index in [-0.39, 0.29) is 22.7 Å². The van der Waals surface area contributed by atoms with Crippen molar-refractivity contribution in [3.63, 3.8) is 0 Å². The van der Waals surface area contributed by atoms with Crippen molar-refractivity contribution >= 4 is 40.5 Å². The largest absolute Gasteiger partial charge is 0.491 e. The first-order chi connectivity index (χ1) is 15.9. The number of carbonyl (C=O) groups excluding carboxylic acids is 2. The van der Waals surface area contributed by atoms with E-state index in [1.165, 1.54) is 24.3 Å². The number of carbonyl (C=O) groups is 2. The van der Waals surface area contributed by atoms with Crippen molar-refractivity contribution in [1.82, 2.24) is 5.32 Å². The minimum absolute atomic E-state index is 0.0801. The monoisotopic (exact) mass is 467 g/mol. The van der Waals surface area contributed by atoms with Crippen molar-refractivity contribution in [1.29, 1.82) is 0 Å². The van der Waals surface area contributed by atoms with Gasteiger partial charge in [-0.15, -0.1) is 0 Å². The van der Waals surface area contributed by atoms with Gasteiger partial charge in [-0.3, -0.25) is 14.9 Å². The van der Waals surface area contributed by atoms with E-state index in [2.05, 4.69) is 16.0 Å². The zero-order chi connectivity index (χ0) is 23.6. The van der Waals surface area contributed by atoms with Crippen molar-refractivity contribution in [3.05, 3.63) is 89.7 Å². The number of anilines is 2. The lowest BCUT2D eigenvalue weighted by atomic mass is 10.2. The minimum Gasteiger partial charge on any atom is -0.491 e. The second-order valence-corrected chi connectivity index (χ2v) is 7.22. The number of methoxy groups -OCH3 is 1. The molecule has 3 N–H and O–H groups in total. The van der Waals surface area contributed by atoms with E-state index >= 15 is 0 Å². The van der Waals surface area contributed by atoms with Crippen LogP contribution in [0, 0.1) is 5.82 Å². The maximum absolute atomic E-state index is 13.0. The number of nitrogens with one attached hydrogen (secondary N) is 3. The summed E-state index contributed by atoms with van der Waals surface area (Å²) >= 11 is 5.22. The number of hydrogen-bond donors (Lipinski definition) is 3. The summed E-state index contributed by atoms with van der Waals surface area (Å²) in [5.74, 6) is -0.518. The van der Waals surface area contributed by atoms with Crippen LogP contribution in [0.3, 0.4) is 0 Å². The Labute approximate surface area is 195 Å². The molecule has 0 radical (unpaired) electrons. The van der Waals surface area contributed by atoms with E-state index in [1.54, 1.807) is 55.6 Å². The fraction of sp³-hybridized carbons (Fsp3) is 0.125. The molecular weight excluding hydrogens is 445 g/mol. The molecule has 0 aliphatic heterocycles. The van der Waals surface area contributed by atoms with Gasteiger partial charge in [-0.05, 0) is 78.9 Å². The summed E-state index contributed by atoms with van der Waals surface area (Å²) in [4.78, 5) is 24.9. The van der Waals surface area contributed by atoms with Gasteiger partial charge in [0.05, 0.1) is 6.61 Å². The van der Waals surface area contributed by atoms with Crippen molar-refractivity contribution in [2.45, 2.75) is 0 Å². The topological polar surface area (TPSA) is 88.7 Å². The molecule has 0 fully saturated rings. The van der Waals surface area contributed by atoms with Crippen LogP contribution in [0.4, 0.5) is 15.8 Å². The number of thiocarbonyl (C=S) groups is 1. The molecule has 0 aliphatic carbocycles. The smallest absolute Gasteiger partial charge is 0.257 e. The third-order valence-corrected chi connectivity index (χ3v) is 4.59. The first-order valence-corrected chi connectivity index (χ1v) is 10.4. The third-order valence-electron chi connectivity index (χ3n) is 4.38. The SMILES string of the molecule is COCCOc1ccc(C(=O)NC(=S)Nc2cccc(C(=O)Nc3ccc(F)cc3)c2)cc1. The maximum Gasteiger partial charge on any atom is 0.257 e. The third kappa shape index (κ3) is 7.37. The van der Waals surface area contributed by atoms with Crippen LogP contribution in [-0.2, 0) is 4.74 Å². The van der Waals surface area contributed by atoms with E-state index in [0.717, 1.165) is 0 Å². The molecule has 0 saturated heterocycles. The fourth-order valence-corrected chi connectivity index (χ4v) is 2.97. The van der Waals surface area contributed by atoms with E-state index in [0.29, 0.717) is 41.5 Å². The van der Waals surface area contributed by atoms with Crippen LogP contribution in [0.25, 0.3) is 0 Å². The Balaban J connectivity index is 1.55. The number of hydrogen-bond acceptors (Lipinski definition) is 5. The summed E-state index contributed by atoms with van der Waals surface area (Å²) in [6, 6.07) is 18.7. The van der Waals surface area contributed by atoms with Crippen LogP contribution < -0.4 is 20.7 Å². The van der Waals surface area contributed by atoms with Gasteiger partial charge in [0.15, 0.2) is 5.11 Å². The molecule has 0 unspecified atom stereocenters. The molecule has 2 amide bonds. The number of halogens is 1. The molecule has 0 spiro atoms.